The molecule has 0 amide bonds. The molecule has 0 heterocycles. The number of anilines is 1. The zero-order valence-electron chi connectivity index (χ0n) is 11.1. The molecule has 0 radical (unpaired) electrons. The van der Waals surface area contributed by atoms with Crippen molar-refractivity contribution in [3.8, 4) is 5.75 Å². The first-order valence-electron chi connectivity index (χ1n) is 6.25. The lowest BCUT2D eigenvalue weighted by Gasteiger charge is -2.24. The van der Waals surface area contributed by atoms with E-state index in [-0.39, 0.29) is 6.61 Å². The van der Waals surface area contributed by atoms with Crippen LogP contribution in [0.25, 0.3) is 0 Å². The predicted molar refractivity (Wildman–Crippen MR) is 72.6 cm³/mol. The summed E-state index contributed by atoms with van der Waals surface area (Å²) in [5.41, 5.74) is 1.58. The summed E-state index contributed by atoms with van der Waals surface area (Å²) in [5, 5.41) is 8.92. The topological polar surface area (TPSA) is 49.8 Å². The fourth-order valence-corrected chi connectivity index (χ4v) is 1.90. The van der Waals surface area contributed by atoms with Gasteiger partial charge in [0.25, 0.3) is 0 Å². The zero-order chi connectivity index (χ0) is 13.4. The Bertz CT molecular complexity index is 379. The first-order chi connectivity index (χ1) is 8.76. The van der Waals surface area contributed by atoms with Crippen molar-refractivity contribution in [2.24, 2.45) is 0 Å². The fraction of sp³-hybridized carbons (Fsp3) is 0.500. The second-order valence-electron chi connectivity index (χ2n) is 4.11. The van der Waals surface area contributed by atoms with Crippen molar-refractivity contribution < 1.29 is 14.6 Å². The summed E-state index contributed by atoms with van der Waals surface area (Å²) in [6.07, 6.45) is 2.56. The molecule has 0 saturated carbocycles. The lowest BCUT2D eigenvalue weighted by atomic mass is 10.1. The Labute approximate surface area is 108 Å². The minimum atomic E-state index is 0.184. The van der Waals surface area contributed by atoms with Gasteiger partial charge in [-0.3, -0.25) is 4.79 Å². The molecule has 1 aromatic carbocycles. The summed E-state index contributed by atoms with van der Waals surface area (Å²) < 4.78 is 5.20. The molecule has 4 heteroatoms. The minimum absolute atomic E-state index is 0.184. The molecule has 0 aliphatic carbocycles. The highest BCUT2D eigenvalue weighted by atomic mass is 16.5. The van der Waals surface area contributed by atoms with Gasteiger partial charge in [-0.25, -0.2) is 0 Å². The zero-order valence-corrected chi connectivity index (χ0v) is 11.1. The van der Waals surface area contributed by atoms with Crippen LogP contribution in [0.4, 0.5) is 5.69 Å². The number of carbonyl (C=O) groups excluding carboxylic acids is 1. The van der Waals surface area contributed by atoms with Crippen LogP contribution in [0.2, 0.25) is 0 Å². The Balaban J connectivity index is 2.93. The molecule has 0 saturated heterocycles. The van der Waals surface area contributed by atoms with Crippen molar-refractivity contribution >= 4 is 12.0 Å². The SMILES string of the molecule is CCCN(CCCO)c1ccc(C=O)c(OC)c1. The molecule has 0 unspecified atom stereocenters. The number of aldehydes is 1. The third kappa shape index (κ3) is 3.74. The van der Waals surface area contributed by atoms with Crippen LogP contribution in [0.15, 0.2) is 18.2 Å². The van der Waals surface area contributed by atoms with Gasteiger partial charge >= 0.3 is 0 Å². The fourth-order valence-electron chi connectivity index (χ4n) is 1.90. The number of benzene rings is 1. The van der Waals surface area contributed by atoms with Gasteiger partial charge in [-0.05, 0) is 25.0 Å². The molecule has 1 rings (SSSR count). The monoisotopic (exact) mass is 251 g/mol. The summed E-state index contributed by atoms with van der Waals surface area (Å²) in [7, 11) is 1.56. The van der Waals surface area contributed by atoms with Gasteiger partial charge in [0.2, 0.25) is 0 Å². The first-order valence-corrected chi connectivity index (χ1v) is 6.25. The Kier molecular flexibility index (Phi) is 6.22. The average Bonchev–Trinajstić information content (AvgIpc) is 2.42. The summed E-state index contributed by atoms with van der Waals surface area (Å²) in [5.74, 6) is 0.590. The standard InChI is InChI=1S/C14H21NO3/c1-3-7-15(8-4-9-16)13-6-5-12(11-17)14(10-13)18-2/h5-6,10-11,16H,3-4,7-9H2,1-2H3. The van der Waals surface area contributed by atoms with E-state index in [2.05, 4.69) is 11.8 Å². The van der Waals surface area contributed by atoms with E-state index >= 15 is 0 Å². The van der Waals surface area contributed by atoms with E-state index in [1.165, 1.54) is 0 Å². The molecular formula is C14H21NO3. The number of nitrogens with zero attached hydrogens (tertiary/aromatic N) is 1. The lowest BCUT2D eigenvalue weighted by molar-refractivity contribution is 0.112. The van der Waals surface area contributed by atoms with Crippen molar-refractivity contribution in [3.05, 3.63) is 23.8 Å². The van der Waals surface area contributed by atoms with E-state index in [1.807, 2.05) is 12.1 Å². The summed E-state index contributed by atoms with van der Waals surface area (Å²) in [6.45, 7) is 4.02. The van der Waals surface area contributed by atoms with Gasteiger partial charge in [0, 0.05) is 31.5 Å². The molecule has 1 aromatic rings. The first kappa shape index (κ1) is 14.5. The molecule has 0 aliphatic rings. The van der Waals surface area contributed by atoms with E-state index in [0.29, 0.717) is 11.3 Å². The Morgan fingerprint density at radius 1 is 1.39 bits per heavy atom. The highest BCUT2D eigenvalue weighted by Gasteiger charge is 2.09. The van der Waals surface area contributed by atoms with Crippen LogP contribution >= 0.6 is 0 Å². The molecule has 4 nitrogen and oxygen atoms in total. The average molecular weight is 251 g/mol. The number of hydrogen-bond acceptors (Lipinski definition) is 4. The van der Waals surface area contributed by atoms with Crippen LogP contribution in [0, 0.1) is 0 Å². The summed E-state index contributed by atoms with van der Waals surface area (Å²) >= 11 is 0. The van der Waals surface area contributed by atoms with Crippen molar-refractivity contribution in [3.63, 3.8) is 0 Å². The van der Waals surface area contributed by atoms with E-state index in [9.17, 15) is 4.79 Å². The van der Waals surface area contributed by atoms with Crippen molar-refractivity contribution in [1.29, 1.82) is 0 Å². The van der Waals surface area contributed by atoms with Crippen LogP contribution in [-0.2, 0) is 0 Å². The van der Waals surface area contributed by atoms with Crippen LogP contribution < -0.4 is 9.64 Å². The van der Waals surface area contributed by atoms with Crippen LogP contribution in [-0.4, -0.2) is 38.2 Å². The number of methoxy groups -OCH3 is 1. The van der Waals surface area contributed by atoms with Gasteiger partial charge in [0.1, 0.15) is 5.75 Å². The van der Waals surface area contributed by atoms with Gasteiger partial charge < -0.3 is 14.7 Å². The van der Waals surface area contributed by atoms with E-state index < -0.39 is 0 Å². The molecule has 0 bridgehead atoms. The minimum Gasteiger partial charge on any atom is -0.496 e. The Morgan fingerprint density at radius 3 is 2.72 bits per heavy atom. The van der Waals surface area contributed by atoms with Crippen LogP contribution in [0.3, 0.4) is 0 Å². The Hall–Kier alpha value is -1.55. The van der Waals surface area contributed by atoms with Crippen molar-refractivity contribution in [2.75, 3.05) is 31.7 Å². The normalized spacial score (nSPS) is 10.2. The molecule has 0 atom stereocenters. The third-order valence-electron chi connectivity index (χ3n) is 2.79. The van der Waals surface area contributed by atoms with Gasteiger partial charge in [-0.1, -0.05) is 6.92 Å². The molecule has 100 valence electrons. The maximum absolute atomic E-state index is 10.8. The molecular weight excluding hydrogens is 230 g/mol. The van der Waals surface area contributed by atoms with E-state index in [1.54, 1.807) is 13.2 Å². The maximum Gasteiger partial charge on any atom is 0.153 e. The molecule has 0 aromatic heterocycles. The number of hydrogen-bond donors (Lipinski definition) is 1. The molecule has 18 heavy (non-hydrogen) atoms. The highest BCUT2D eigenvalue weighted by Crippen LogP contribution is 2.25. The van der Waals surface area contributed by atoms with Crippen molar-refractivity contribution in [1.82, 2.24) is 0 Å². The van der Waals surface area contributed by atoms with Gasteiger partial charge in [0.05, 0.1) is 12.7 Å². The number of aliphatic hydroxyl groups is 1. The highest BCUT2D eigenvalue weighted by molar-refractivity contribution is 5.80. The quantitative estimate of drug-likeness (QED) is 0.719. The summed E-state index contributed by atoms with van der Waals surface area (Å²) in [4.78, 5) is 13.0. The largest absolute Gasteiger partial charge is 0.496 e. The smallest absolute Gasteiger partial charge is 0.153 e. The van der Waals surface area contributed by atoms with E-state index in [4.69, 9.17) is 9.84 Å². The van der Waals surface area contributed by atoms with Gasteiger partial charge in [-0.2, -0.15) is 0 Å². The second-order valence-corrected chi connectivity index (χ2v) is 4.11. The number of aliphatic hydroxyl groups excluding tert-OH is 1. The van der Waals surface area contributed by atoms with E-state index in [0.717, 1.165) is 37.9 Å². The number of carbonyl (C=O) groups is 1. The second kappa shape index (κ2) is 7.71. The van der Waals surface area contributed by atoms with Gasteiger partial charge in [0.15, 0.2) is 6.29 Å². The number of ether oxygens (including phenoxy) is 1. The number of rotatable bonds is 8. The molecule has 0 spiro atoms. The molecule has 0 fully saturated rings. The van der Waals surface area contributed by atoms with Crippen LogP contribution in [0.1, 0.15) is 30.1 Å². The predicted octanol–water partition coefficient (Wildman–Crippen LogP) is 2.11. The maximum atomic E-state index is 10.8. The summed E-state index contributed by atoms with van der Waals surface area (Å²) in [6, 6.07) is 5.55. The third-order valence-corrected chi connectivity index (χ3v) is 2.79. The Morgan fingerprint density at radius 2 is 2.17 bits per heavy atom. The molecule has 1 N–H and O–H groups in total. The lowest BCUT2D eigenvalue weighted by Crippen LogP contribution is -2.26. The van der Waals surface area contributed by atoms with Gasteiger partial charge in [-0.15, -0.1) is 0 Å². The molecule has 0 aliphatic heterocycles. The van der Waals surface area contributed by atoms with Crippen molar-refractivity contribution in [2.45, 2.75) is 19.8 Å². The van der Waals surface area contributed by atoms with Crippen LogP contribution in [0.5, 0.6) is 5.75 Å².